The number of carbonyl (C=O) groups excluding carboxylic acids is 1. The maximum atomic E-state index is 11.9. The minimum absolute atomic E-state index is 0.126. The van der Waals surface area contributed by atoms with Gasteiger partial charge in [0.2, 0.25) is 0 Å². The Morgan fingerprint density at radius 1 is 1.30 bits per heavy atom. The molecule has 3 N–H and O–H groups in total. The molecule has 0 spiro atoms. The van der Waals surface area contributed by atoms with Crippen molar-refractivity contribution >= 4 is 22.6 Å². The van der Waals surface area contributed by atoms with E-state index in [9.17, 15) is 4.79 Å². The van der Waals surface area contributed by atoms with Crippen LogP contribution in [0.1, 0.15) is 38.2 Å². The van der Waals surface area contributed by atoms with Crippen molar-refractivity contribution < 1.29 is 4.79 Å². The van der Waals surface area contributed by atoms with Crippen LogP contribution in [0.2, 0.25) is 0 Å². The van der Waals surface area contributed by atoms with Gasteiger partial charge in [0.25, 0.3) is 0 Å². The highest BCUT2D eigenvalue weighted by molar-refractivity contribution is 5.94. The molecule has 5 nitrogen and oxygen atoms in total. The summed E-state index contributed by atoms with van der Waals surface area (Å²) in [7, 11) is 2.18. The van der Waals surface area contributed by atoms with Crippen LogP contribution in [0.4, 0.5) is 10.5 Å². The molecule has 2 heterocycles. The van der Waals surface area contributed by atoms with Crippen LogP contribution in [0.15, 0.2) is 24.4 Å². The Bertz CT molecular complexity index is 683. The first kappa shape index (κ1) is 15.9. The monoisotopic (exact) mass is 314 g/mol. The van der Waals surface area contributed by atoms with E-state index < -0.39 is 0 Å². The summed E-state index contributed by atoms with van der Waals surface area (Å²) in [5, 5.41) is 7.00. The molecule has 1 aromatic carbocycles. The van der Waals surface area contributed by atoms with Gasteiger partial charge in [0.05, 0.1) is 0 Å². The van der Waals surface area contributed by atoms with Crippen LogP contribution in [0.25, 0.3) is 10.9 Å². The van der Waals surface area contributed by atoms with Gasteiger partial charge in [-0.3, -0.25) is 0 Å². The summed E-state index contributed by atoms with van der Waals surface area (Å²) >= 11 is 0. The molecule has 23 heavy (non-hydrogen) atoms. The first-order valence-corrected chi connectivity index (χ1v) is 8.40. The number of nitrogens with one attached hydrogen (secondary N) is 3. The lowest BCUT2D eigenvalue weighted by Gasteiger charge is -2.28. The van der Waals surface area contributed by atoms with E-state index in [1.54, 1.807) is 0 Å². The molecule has 1 fully saturated rings. The zero-order valence-electron chi connectivity index (χ0n) is 14.1. The van der Waals surface area contributed by atoms with Crippen LogP contribution >= 0.6 is 0 Å². The van der Waals surface area contributed by atoms with Crippen molar-refractivity contribution in [3.63, 3.8) is 0 Å². The third-order valence-corrected chi connectivity index (χ3v) is 4.55. The minimum Gasteiger partial charge on any atom is -0.361 e. The number of aromatic amines is 1. The summed E-state index contributed by atoms with van der Waals surface area (Å²) in [5.41, 5.74) is 3.35. The predicted molar refractivity (Wildman–Crippen MR) is 95.1 cm³/mol. The van der Waals surface area contributed by atoms with Gasteiger partial charge in [0.15, 0.2) is 0 Å². The van der Waals surface area contributed by atoms with Crippen molar-refractivity contribution in [1.29, 1.82) is 0 Å². The van der Waals surface area contributed by atoms with Gasteiger partial charge in [0.1, 0.15) is 0 Å². The van der Waals surface area contributed by atoms with Crippen LogP contribution in [0.3, 0.4) is 0 Å². The second kappa shape index (κ2) is 6.62. The fourth-order valence-corrected chi connectivity index (χ4v) is 3.31. The maximum Gasteiger partial charge on any atom is 0.319 e. The number of carbonyl (C=O) groups is 1. The van der Waals surface area contributed by atoms with Crippen LogP contribution in [0, 0.1) is 0 Å². The summed E-state index contributed by atoms with van der Waals surface area (Å²) < 4.78 is 0. The van der Waals surface area contributed by atoms with Gasteiger partial charge in [0, 0.05) is 28.8 Å². The van der Waals surface area contributed by atoms with Crippen molar-refractivity contribution in [2.45, 2.75) is 38.6 Å². The largest absolute Gasteiger partial charge is 0.361 e. The van der Waals surface area contributed by atoms with E-state index in [1.807, 2.05) is 26.0 Å². The molecule has 0 bridgehead atoms. The van der Waals surface area contributed by atoms with Crippen molar-refractivity contribution in [1.82, 2.24) is 15.2 Å². The Balaban J connectivity index is 1.81. The molecule has 0 radical (unpaired) electrons. The first-order chi connectivity index (χ1) is 11.0. The quantitative estimate of drug-likeness (QED) is 0.812. The minimum atomic E-state index is -0.157. The fraction of sp³-hybridized carbons (Fsp3) is 0.500. The third-order valence-electron chi connectivity index (χ3n) is 4.55. The highest BCUT2D eigenvalue weighted by Gasteiger charge is 2.21. The van der Waals surface area contributed by atoms with Gasteiger partial charge in [-0.05, 0) is 76.5 Å². The van der Waals surface area contributed by atoms with Crippen LogP contribution < -0.4 is 10.6 Å². The second-order valence-corrected chi connectivity index (χ2v) is 6.84. The van der Waals surface area contributed by atoms with E-state index in [0.29, 0.717) is 5.92 Å². The average molecular weight is 314 g/mol. The summed E-state index contributed by atoms with van der Waals surface area (Å²) in [6.07, 6.45) is 4.52. The van der Waals surface area contributed by atoms with E-state index >= 15 is 0 Å². The number of urea groups is 1. The van der Waals surface area contributed by atoms with Crippen molar-refractivity contribution in [2.75, 3.05) is 25.5 Å². The third kappa shape index (κ3) is 3.67. The molecule has 2 aromatic rings. The number of H-pyrrole nitrogens is 1. The van der Waals surface area contributed by atoms with Gasteiger partial charge in [-0.2, -0.15) is 0 Å². The van der Waals surface area contributed by atoms with Crippen molar-refractivity contribution in [3.05, 3.63) is 30.0 Å². The van der Waals surface area contributed by atoms with Crippen LogP contribution in [-0.4, -0.2) is 42.1 Å². The number of aromatic nitrogens is 1. The standard InChI is InChI=1S/C18H26N4O/c1-12(2)20-18(23)21-14-4-5-17-15(10-14)16(11-19-17)13-6-8-22(3)9-7-13/h4-5,10-13,19H,6-9H2,1-3H3,(H2,20,21,23). The number of likely N-dealkylation sites (tertiary alicyclic amines) is 1. The molecule has 2 amide bonds. The van der Waals surface area contributed by atoms with E-state index in [-0.39, 0.29) is 12.1 Å². The van der Waals surface area contributed by atoms with Crippen molar-refractivity contribution in [2.24, 2.45) is 0 Å². The number of rotatable bonds is 3. The van der Waals surface area contributed by atoms with Gasteiger partial charge in [-0.15, -0.1) is 0 Å². The molecule has 0 saturated carbocycles. The molecular weight excluding hydrogens is 288 g/mol. The Kier molecular flexibility index (Phi) is 4.57. The highest BCUT2D eigenvalue weighted by Crippen LogP contribution is 2.33. The second-order valence-electron chi connectivity index (χ2n) is 6.84. The number of fused-ring (bicyclic) bond motifs is 1. The first-order valence-electron chi connectivity index (χ1n) is 8.40. The Hall–Kier alpha value is -2.01. The van der Waals surface area contributed by atoms with E-state index in [2.05, 4.69) is 39.8 Å². The fourth-order valence-electron chi connectivity index (χ4n) is 3.31. The van der Waals surface area contributed by atoms with E-state index in [1.165, 1.54) is 23.8 Å². The zero-order valence-corrected chi connectivity index (χ0v) is 14.1. The lowest BCUT2D eigenvalue weighted by Crippen LogP contribution is -2.34. The molecule has 0 aliphatic carbocycles. The molecule has 1 aliphatic heterocycles. The lowest BCUT2D eigenvalue weighted by molar-refractivity contribution is 0.250. The maximum absolute atomic E-state index is 11.9. The number of anilines is 1. The van der Waals surface area contributed by atoms with Crippen LogP contribution in [0.5, 0.6) is 0 Å². The lowest BCUT2D eigenvalue weighted by atomic mass is 9.89. The molecule has 1 aromatic heterocycles. The molecule has 0 unspecified atom stereocenters. The van der Waals surface area contributed by atoms with Gasteiger partial charge < -0.3 is 20.5 Å². The summed E-state index contributed by atoms with van der Waals surface area (Å²) in [4.78, 5) is 17.6. The molecule has 1 saturated heterocycles. The van der Waals surface area contributed by atoms with Gasteiger partial charge >= 0.3 is 6.03 Å². The molecule has 0 atom stereocenters. The average Bonchev–Trinajstić information content (AvgIpc) is 2.90. The number of amides is 2. The number of piperidine rings is 1. The van der Waals surface area contributed by atoms with E-state index in [0.717, 1.165) is 24.3 Å². The molecule has 124 valence electrons. The predicted octanol–water partition coefficient (Wildman–Crippen LogP) is 3.51. The number of benzene rings is 1. The molecule has 1 aliphatic rings. The molecular formula is C18H26N4O. The SMILES string of the molecule is CC(C)NC(=O)Nc1ccc2[nH]cc(C3CCN(C)CC3)c2c1. The van der Waals surface area contributed by atoms with Gasteiger partial charge in [-0.1, -0.05) is 0 Å². The zero-order chi connectivity index (χ0) is 16.4. The smallest absolute Gasteiger partial charge is 0.319 e. The highest BCUT2D eigenvalue weighted by atomic mass is 16.2. The number of nitrogens with zero attached hydrogens (tertiary/aromatic N) is 1. The normalized spacial score (nSPS) is 16.9. The molecule has 5 heteroatoms. The van der Waals surface area contributed by atoms with Crippen molar-refractivity contribution in [3.8, 4) is 0 Å². The Labute approximate surface area is 137 Å². The summed E-state index contributed by atoms with van der Waals surface area (Å²) in [5.74, 6) is 0.597. The topological polar surface area (TPSA) is 60.2 Å². The van der Waals surface area contributed by atoms with E-state index in [4.69, 9.17) is 0 Å². The summed E-state index contributed by atoms with van der Waals surface area (Å²) in [6.45, 7) is 6.19. The number of hydrogen-bond donors (Lipinski definition) is 3. The Morgan fingerprint density at radius 2 is 2.04 bits per heavy atom. The molecule has 3 rings (SSSR count). The van der Waals surface area contributed by atoms with Gasteiger partial charge in [-0.25, -0.2) is 4.79 Å². The summed E-state index contributed by atoms with van der Waals surface area (Å²) in [6, 6.07) is 6.03. The number of hydrogen-bond acceptors (Lipinski definition) is 2. The Morgan fingerprint density at radius 3 is 2.74 bits per heavy atom. The van der Waals surface area contributed by atoms with Crippen LogP contribution in [-0.2, 0) is 0 Å².